The topological polar surface area (TPSA) is 12.0 Å². The van der Waals surface area contributed by atoms with E-state index in [9.17, 15) is 0 Å². The van der Waals surface area contributed by atoms with Gasteiger partial charge in [-0.2, -0.15) is 0 Å². The Morgan fingerprint density at radius 2 is 1.68 bits per heavy atom. The van der Waals surface area contributed by atoms with Crippen molar-refractivity contribution in [1.82, 2.24) is 5.32 Å². The van der Waals surface area contributed by atoms with E-state index in [1.54, 1.807) is 0 Å². The molecule has 1 aliphatic rings. The van der Waals surface area contributed by atoms with Crippen LogP contribution in [0.15, 0.2) is 18.2 Å². The Kier molecular flexibility index (Phi) is 5.16. The summed E-state index contributed by atoms with van der Waals surface area (Å²) in [6, 6.07) is 6.35. The highest BCUT2D eigenvalue weighted by atomic mass is 35.5. The maximum absolute atomic E-state index is 6.46. The highest BCUT2D eigenvalue weighted by molar-refractivity contribution is 6.36. The van der Waals surface area contributed by atoms with E-state index in [1.807, 2.05) is 18.2 Å². The molecule has 1 aromatic rings. The molecule has 0 saturated heterocycles. The van der Waals surface area contributed by atoms with Crippen molar-refractivity contribution in [1.29, 1.82) is 0 Å². The largest absolute Gasteiger partial charge is 0.314 e. The molecule has 0 atom stereocenters. The maximum atomic E-state index is 6.46. The zero-order valence-electron chi connectivity index (χ0n) is 11.8. The second kappa shape index (κ2) is 6.47. The van der Waals surface area contributed by atoms with Gasteiger partial charge in [0.15, 0.2) is 0 Å². The van der Waals surface area contributed by atoms with Crippen molar-refractivity contribution in [3.63, 3.8) is 0 Å². The van der Waals surface area contributed by atoms with Gasteiger partial charge in [0.25, 0.3) is 0 Å². The van der Waals surface area contributed by atoms with Crippen LogP contribution in [0.1, 0.15) is 51.5 Å². The zero-order chi connectivity index (χ0) is 13.9. The number of hydrogen-bond acceptors (Lipinski definition) is 1. The van der Waals surface area contributed by atoms with Crippen molar-refractivity contribution in [2.45, 2.75) is 57.4 Å². The molecule has 106 valence electrons. The summed E-state index contributed by atoms with van der Waals surface area (Å²) in [6.07, 6.45) is 6.21. The van der Waals surface area contributed by atoms with Crippen molar-refractivity contribution < 1.29 is 0 Å². The molecule has 2 rings (SSSR count). The van der Waals surface area contributed by atoms with E-state index in [-0.39, 0.29) is 5.41 Å². The van der Waals surface area contributed by atoms with E-state index in [1.165, 1.54) is 32.1 Å². The van der Waals surface area contributed by atoms with Crippen LogP contribution in [0.25, 0.3) is 0 Å². The molecule has 1 saturated carbocycles. The van der Waals surface area contributed by atoms with E-state index < -0.39 is 0 Å². The lowest BCUT2D eigenvalue weighted by molar-refractivity contribution is 0.274. The summed E-state index contributed by atoms with van der Waals surface area (Å²) in [6.45, 7) is 5.34. The SMILES string of the molecule is CC(C)NCC1(c2c(Cl)cccc2Cl)CCCCC1. The molecule has 0 spiro atoms. The Bertz CT molecular complexity index is 403. The Hall–Kier alpha value is -0.240. The van der Waals surface area contributed by atoms with E-state index >= 15 is 0 Å². The first-order valence-electron chi connectivity index (χ1n) is 7.23. The summed E-state index contributed by atoms with van der Waals surface area (Å²) in [5.74, 6) is 0. The van der Waals surface area contributed by atoms with E-state index in [2.05, 4.69) is 19.2 Å². The molecule has 1 aliphatic carbocycles. The van der Waals surface area contributed by atoms with Crippen LogP contribution in [-0.4, -0.2) is 12.6 Å². The maximum Gasteiger partial charge on any atom is 0.0459 e. The standard InChI is InChI=1S/C16H23Cl2N/c1-12(2)19-11-16(9-4-3-5-10-16)15-13(17)7-6-8-14(15)18/h6-8,12,19H,3-5,9-11H2,1-2H3. The quantitative estimate of drug-likeness (QED) is 0.806. The minimum absolute atomic E-state index is 0.109. The molecule has 1 fully saturated rings. The van der Waals surface area contributed by atoms with Crippen LogP contribution >= 0.6 is 23.2 Å². The molecule has 1 aromatic carbocycles. The van der Waals surface area contributed by atoms with Crippen molar-refractivity contribution in [2.75, 3.05) is 6.54 Å². The fourth-order valence-electron chi connectivity index (χ4n) is 3.15. The number of hydrogen-bond donors (Lipinski definition) is 1. The summed E-state index contributed by atoms with van der Waals surface area (Å²) < 4.78 is 0. The molecule has 0 unspecified atom stereocenters. The van der Waals surface area contributed by atoms with Gasteiger partial charge in [-0.05, 0) is 30.5 Å². The van der Waals surface area contributed by atoms with Gasteiger partial charge in [-0.1, -0.05) is 62.4 Å². The fraction of sp³-hybridized carbons (Fsp3) is 0.625. The third-order valence-electron chi connectivity index (χ3n) is 4.15. The first kappa shape index (κ1) is 15.2. The van der Waals surface area contributed by atoms with Gasteiger partial charge in [0.2, 0.25) is 0 Å². The highest BCUT2D eigenvalue weighted by Crippen LogP contribution is 2.45. The molecular formula is C16H23Cl2N. The first-order valence-corrected chi connectivity index (χ1v) is 7.99. The Morgan fingerprint density at radius 3 is 2.21 bits per heavy atom. The molecule has 0 bridgehead atoms. The van der Waals surface area contributed by atoms with Crippen LogP contribution in [0, 0.1) is 0 Å². The van der Waals surface area contributed by atoms with Crippen molar-refractivity contribution in [2.24, 2.45) is 0 Å². The summed E-state index contributed by atoms with van der Waals surface area (Å²) in [5.41, 5.74) is 1.27. The van der Waals surface area contributed by atoms with Gasteiger partial charge in [0.1, 0.15) is 0 Å². The monoisotopic (exact) mass is 299 g/mol. The number of nitrogens with one attached hydrogen (secondary N) is 1. The first-order chi connectivity index (χ1) is 9.05. The average Bonchev–Trinajstić information content (AvgIpc) is 2.37. The number of rotatable bonds is 4. The second-order valence-electron chi connectivity index (χ2n) is 5.97. The van der Waals surface area contributed by atoms with Gasteiger partial charge in [-0.25, -0.2) is 0 Å². The Morgan fingerprint density at radius 1 is 1.11 bits per heavy atom. The van der Waals surface area contributed by atoms with Gasteiger partial charge in [-0.3, -0.25) is 0 Å². The van der Waals surface area contributed by atoms with Crippen LogP contribution in [0.2, 0.25) is 10.0 Å². The smallest absolute Gasteiger partial charge is 0.0459 e. The Balaban J connectivity index is 2.36. The lowest BCUT2D eigenvalue weighted by Gasteiger charge is -2.40. The van der Waals surface area contributed by atoms with Crippen LogP contribution in [0.4, 0.5) is 0 Å². The fourth-order valence-corrected chi connectivity index (χ4v) is 3.95. The summed E-state index contributed by atoms with van der Waals surface area (Å²) >= 11 is 12.9. The van der Waals surface area contributed by atoms with Gasteiger partial charge in [0.05, 0.1) is 0 Å². The predicted molar refractivity (Wildman–Crippen MR) is 84.4 cm³/mol. The second-order valence-corrected chi connectivity index (χ2v) is 6.79. The van der Waals surface area contributed by atoms with E-state index in [0.29, 0.717) is 6.04 Å². The van der Waals surface area contributed by atoms with Crippen LogP contribution in [0.3, 0.4) is 0 Å². The van der Waals surface area contributed by atoms with Gasteiger partial charge in [-0.15, -0.1) is 0 Å². The molecule has 0 aliphatic heterocycles. The molecule has 1 nitrogen and oxygen atoms in total. The summed E-state index contributed by atoms with van der Waals surface area (Å²) in [5, 5.41) is 5.23. The van der Waals surface area contributed by atoms with Gasteiger partial charge >= 0.3 is 0 Å². The third kappa shape index (κ3) is 3.45. The van der Waals surface area contributed by atoms with Gasteiger partial charge < -0.3 is 5.32 Å². The minimum Gasteiger partial charge on any atom is -0.314 e. The van der Waals surface area contributed by atoms with E-state index in [4.69, 9.17) is 23.2 Å². The van der Waals surface area contributed by atoms with Crippen molar-refractivity contribution >= 4 is 23.2 Å². The predicted octanol–water partition coefficient (Wildman–Crippen LogP) is 5.19. The number of halogens is 2. The van der Waals surface area contributed by atoms with Crippen LogP contribution in [-0.2, 0) is 5.41 Å². The minimum atomic E-state index is 0.109. The molecule has 0 heterocycles. The molecule has 3 heteroatoms. The lowest BCUT2D eigenvalue weighted by Crippen LogP contribution is -2.42. The Labute approximate surface area is 126 Å². The third-order valence-corrected chi connectivity index (χ3v) is 4.78. The van der Waals surface area contributed by atoms with E-state index in [0.717, 1.165) is 22.2 Å². The average molecular weight is 300 g/mol. The molecule has 0 radical (unpaired) electrons. The molecular weight excluding hydrogens is 277 g/mol. The van der Waals surface area contributed by atoms with Gasteiger partial charge in [0, 0.05) is 28.0 Å². The lowest BCUT2D eigenvalue weighted by atomic mass is 9.69. The van der Waals surface area contributed by atoms with Crippen molar-refractivity contribution in [3.8, 4) is 0 Å². The molecule has 0 aromatic heterocycles. The molecule has 1 N–H and O–H groups in total. The molecule has 19 heavy (non-hydrogen) atoms. The molecule has 0 amide bonds. The van der Waals surface area contributed by atoms with Crippen LogP contribution in [0.5, 0.6) is 0 Å². The van der Waals surface area contributed by atoms with Crippen molar-refractivity contribution in [3.05, 3.63) is 33.8 Å². The van der Waals surface area contributed by atoms with Crippen LogP contribution < -0.4 is 5.32 Å². The zero-order valence-corrected chi connectivity index (χ0v) is 13.3. The number of benzene rings is 1. The highest BCUT2D eigenvalue weighted by Gasteiger charge is 2.36. The summed E-state index contributed by atoms with van der Waals surface area (Å²) in [4.78, 5) is 0. The normalized spacial score (nSPS) is 18.8. The summed E-state index contributed by atoms with van der Waals surface area (Å²) in [7, 11) is 0.